The van der Waals surface area contributed by atoms with Gasteiger partial charge < -0.3 is 14.5 Å². The van der Waals surface area contributed by atoms with Crippen molar-refractivity contribution in [2.45, 2.75) is 25.2 Å². The highest BCUT2D eigenvalue weighted by Crippen LogP contribution is 2.35. The van der Waals surface area contributed by atoms with Crippen molar-refractivity contribution >= 4 is 29.0 Å². The summed E-state index contributed by atoms with van der Waals surface area (Å²) in [6.07, 6.45) is 5.17. The summed E-state index contributed by atoms with van der Waals surface area (Å²) in [5, 5.41) is 0.507. The van der Waals surface area contributed by atoms with Crippen molar-refractivity contribution < 1.29 is 18.3 Å². The second-order valence-electron chi connectivity index (χ2n) is 9.98. The minimum Gasteiger partial charge on any atom is -0.477 e. The third-order valence-corrected chi connectivity index (χ3v) is 7.83. The van der Waals surface area contributed by atoms with Crippen LogP contribution in [0.3, 0.4) is 0 Å². The van der Waals surface area contributed by atoms with Gasteiger partial charge in [0.1, 0.15) is 5.82 Å². The smallest absolute Gasteiger partial charge is 0.225 e. The molecule has 39 heavy (non-hydrogen) atoms. The lowest BCUT2D eigenvalue weighted by atomic mass is 9.80. The van der Waals surface area contributed by atoms with Crippen molar-refractivity contribution in [3.8, 4) is 5.88 Å². The fourth-order valence-corrected chi connectivity index (χ4v) is 5.54. The van der Waals surface area contributed by atoms with Gasteiger partial charge in [-0.05, 0) is 55.2 Å². The molecule has 10 heteroatoms. The van der Waals surface area contributed by atoms with Crippen molar-refractivity contribution in [1.82, 2.24) is 14.9 Å². The van der Waals surface area contributed by atoms with E-state index in [1.54, 1.807) is 36.5 Å². The van der Waals surface area contributed by atoms with Gasteiger partial charge in [-0.2, -0.15) is 0 Å². The molecule has 0 spiro atoms. The minimum absolute atomic E-state index is 0.0148. The molecular formula is C29H28ClF2N5O2. The molecule has 0 N–H and O–H groups in total. The lowest BCUT2D eigenvalue weighted by Gasteiger charge is -2.41. The van der Waals surface area contributed by atoms with Crippen LogP contribution in [0.5, 0.6) is 5.88 Å². The van der Waals surface area contributed by atoms with Crippen molar-refractivity contribution in [3.05, 3.63) is 88.5 Å². The van der Waals surface area contributed by atoms with Crippen LogP contribution < -0.4 is 9.64 Å². The highest BCUT2D eigenvalue weighted by molar-refractivity contribution is 6.30. The zero-order valence-corrected chi connectivity index (χ0v) is 22.0. The molecule has 2 saturated heterocycles. The van der Waals surface area contributed by atoms with Gasteiger partial charge in [-0.15, -0.1) is 0 Å². The Kier molecular flexibility index (Phi) is 8.22. The summed E-state index contributed by atoms with van der Waals surface area (Å²) in [4.78, 5) is 29.6. The third-order valence-electron chi connectivity index (χ3n) is 7.61. The first-order chi connectivity index (χ1) is 18.9. The van der Waals surface area contributed by atoms with E-state index in [0.717, 1.165) is 11.9 Å². The van der Waals surface area contributed by atoms with Gasteiger partial charge in [0.25, 0.3) is 0 Å². The highest BCUT2D eigenvalue weighted by atomic mass is 35.5. The number of nitrogens with zero attached hydrogens (tertiary/aromatic N) is 5. The zero-order valence-electron chi connectivity index (χ0n) is 21.3. The average molecular weight is 552 g/mol. The number of hydrogen-bond acceptors (Lipinski definition) is 5. The van der Waals surface area contributed by atoms with E-state index in [1.165, 1.54) is 12.3 Å². The molecule has 7 nitrogen and oxygen atoms in total. The first-order valence-electron chi connectivity index (χ1n) is 13.0. The molecule has 3 aromatic rings. The zero-order chi connectivity index (χ0) is 27.4. The number of halogens is 3. The summed E-state index contributed by atoms with van der Waals surface area (Å²) in [6, 6.07) is 10.8. The number of piperidine rings is 2. The van der Waals surface area contributed by atoms with Crippen LogP contribution in [-0.2, 0) is 4.79 Å². The normalized spacial score (nSPS) is 19.9. The SMILES string of the molecule is [C-]#[N+]c1ccnc(N2CCC(C(=O)N3CC[C@H](COc4ccc(Cl)cn4)[C@@H](c4ccc(F)c(F)c4)C3)CC2)c1. The van der Waals surface area contributed by atoms with Gasteiger partial charge >= 0.3 is 0 Å². The van der Waals surface area contributed by atoms with Gasteiger partial charge in [0.05, 0.1) is 18.2 Å². The Bertz CT molecular complexity index is 1360. The quantitative estimate of drug-likeness (QED) is 0.358. The molecule has 0 aliphatic carbocycles. The van der Waals surface area contributed by atoms with Crippen LogP contribution in [0.1, 0.15) is 30.7 Å². The van der Waals surface area contributed by atoms with E-state index in [9.17, 15) is 13.6 Å². The maximum absolute atomic E-state index is 14.2. The molecule has 4 heterocycles. The molecule has 0 radical (unpaired) electrons. The van der Waals surface area contributed by atoms with Crippen LogP contribution in [0.4, 0.5) is 20.3 Å². The molecule has 0 unspecified atom stereocenters. The lowest BCUT2D eigenvalue weighted by molar-refractivity contribution is -0.138. The van der Waals surface area contributed by atoms with Crippen LogP contribution in [-0.4, -0.2) is 53.6 Å². The number of likely N-dealkylation sites (tertiary alicyclic amines) is 1. The Labute approximate surface area is 231 Å². The van der Waals surface area contributed by atoms with Gasteiger partial charge in [-0.3, -0.25) is 4.79 Å². The first kappa shape index (κ1) is 26.8. The Morgan fingerprint density at radius 2 is 1.87 bits per heavy atom. The maximum atomic E-state index is 14.2. The number of anilines is 1. The largest absolute Gasteiger partial charge is 0.477 e. The Hall–Kier alpha value is -3.77. The monoisotopic (exact) mass is 551 g/mol. The van der Waals surface area contributed by atoms with Crippen LogP contribution in [0, 0.1) is 30.0 Å². The molecule has 2 atom stereocenters. The molecule has 1 aromatic carbocycles. The topological polar surface area (TPSA) is 62.9 Å². The first-order valence-corrected chi connectivity index (χ1v) is 13.4. The molecular weight excluding hydrogens is 524 g/mol. The second-order valence-corrected chi connectivity index (χ2v) is 10.4. The molecule has 2 fully saturated rings. The van der Waals surface area contributed by atoms with E-state index in [2.05, 4.69) is 19.7 Å². The molecule has 2 aliphatic rings. The summed E-state index contributed by atoms with van der Waals surface area (Å²) in [7, 11) is 0. The van der Waals surface area contributed by atoms with E-state index in [0.29, 0.717) is 74.2 Å². The van der Waals surface area contributed by atoms with E-state index >= 15 is 0 Å². The Balaban J connectivity index is 1.26. The van der Waals surface area contributed by atoms with Crippen LogP contribution in [0.25, 0.3) is 4.85 Å². The van der Waals surface area contributed by atoms with Crippen molar-refractivity contribution in [2.24, 2.45) is 11.8 Å². The molecule has 2 aliphatic heterocycles. The number of hydrogen-bond donors (Lipinski definition) is 0. The number of benzene rings is 1. The number of pyridine rings is 2. The fourth-order valence-electron chi connectivity index (χ4n) is 5.42. The predicted octanol–water partition coefficient (Wildman–Crippen LogP) is 5.89. The fraction of sp³-hybridized carbons (Fsp3) is 0.379. The number of aromatic nitrogens is 2. The van der Waals surface area contributed by atoms with Gasteiger partial charge in [0, 0.05) is 62.4 Å². The molecule has 202 valence electrons. The lowest BCUT2D eigenvalue weighted by Crippen LogP contribution is -2.48. The number of carbonyl (C=O) groups excluding carboxylic acids is 1. The highest BCUT2D eigenvalue weighted by Gasteiger charge is 2.36. The predicted molar refractivity (Wildman–Crippen MR) is 144 cm³/mol. The Morgan fingerprint density at radius 1 is 1.05 bits per heavy atom. The van der Waals surface area contributed by atoms with Crippen molar-refractivity contribution in [2.75, 3.05) is 37.7 Å². The standard InChI is InChI=1S/C29H28ClF2N5O2/c1-33-23-6-10-34-27(15-23)36-11-7-19(8-12-36)29(38)37-13-9-21(18-39-28-5-3-22(30)16-35-28)24(17-37)20-2-4-25(31)26(32)14-20/h2-6,10,14-16,19,21,24H,7-9,11-13,17-18H2/t21-,24-/m1/s1. The number of rotatable bonds is 6. The van der Waals surface area contributed by atoms with Crippen LogP contribution >= 0.6 is 11.6 Å². The number of amides is 1. The summed E-state index contributed by atoms with van der Waals surface area (Å²) < 4.78 is 33.8. The van der Waals surface area contributed by atoms with Gasteiger partial charge in [-0.1, -0.05) is 17.7 Å². The Morgan fingerprint density at radius 3 is 2.59 bits per heavy atom. The number of ether oxygens (including phenoxy) is 1. The molecule has 0 bridgehead atoms. The van der Waals surface area contributed by atoms with E-state index in [-0.39, 0.29) is 23.7 Å². The van der Waals surface area contributed by atoms with E-state index in [1.807, 2.05) is 4.90 Å². The number of carbonyl (C=O) groups is 1. The summed E-state index contributed by atoms with van der Waals surface area (Å²) >= 11 is 5.91. The van der Waals surface area contributed by atoms with E-state index < -0.39 is 11.6 Å². The van der Waals surface area contributed by atoms with Crippen molar-refractivity contribution in [3.63, 3.8) is 0 Å². The van der Waals surface area contributed by atoms with Gasteiger partial charge in [0.15, 0.2) is 17.3 Å². The van der Waals surface area contributed by atoms with Crippen molar-refractivity contribution in [1.29, 1.82) is 0 Å². The third kappa shape index (κ3) is 6.28. The molecule has 1 amide bonds. The average Bonchev–Trinajstić information content (AvgIpc) is 2.98. The van der Waals surface area contributed by atoms with Gasteiger partial charge in [0.2, 0.25) is 11.8 Å². The summed E-state index contributed by atoms with van der Waals surface area (Å²) in [6.45, 7) is 9.87. The minimum atomic E-state index is -0.904. The molecule has 0 saturated carbocycles. The van der Waals surface area contributed by atoms with Crippen LogP contribution in [0.15, 0.2) is 54.9 Å². The van der Waals surface area contributed by atoms with E-state index in [4.69, 9.17) is 22.9 Å². The second kappa shape index (κ2) is 12.0. The molecule has 5 rings (SSSR count). The maximum Gasteiger partial charge on any atom is 0.225 e. The summed E-state index contributed by atoms with van der Waals surface area (Å²) in [5.41, 5.74) is 1.19. The molecule has 2 aromatic heterocycles. The summed E-state index contributed by atoms with van der Waals surface area (Å²) in [5.74, 6) is -0.883. The van der Waals surface area contributed by atoms with Crippen LogP contribution in [0.2, 0.25) is 5.02 Å². The van der Waals surface area contributed by atoms with Gasteiger partial charge in [-0.25, -0.2) is 23.6 Å².